The summed E-state index contributed by atoms with van der Waals surface area (Å²) in [5.41, 5.74) is 4.21. The predicted molar refractivity (Wildman–Crippen MR) is 115 cm³/mol. The lowest BCUT2D eigenvalue weighted by molar-refractivity contribution is -0.118. The quantitative estimate of drug-likeness (QED) is 0.301. The highest BCUT2D eigenvalue weighted by Crippen LogP contribution is 2.20. The minimum Gasteiger partial charge on any atom is -0.489 e. The van der Waals surface area contributed by atoms with Gasteiger partial charge in [-0.15, -0.1) is 11.8 Å². The van der Waals surface area contributed by atoms with Gasteiger partial charge in [0.1, 0.15) is 18.2 Å². The minimum atomic E-state index is -0.270. The summed E-state index contributed by atoms with van der Waals surface area (Å²) in [4.78, 5) is 12.8. The average molecular weight is 429 g/mol. The molecule has 29 heavy (non-hydrogen) atoms. The van der Waals surface area contributed by atoms with E-state index in [4.69, 9.17) is 16.3 Å². The van der Waals surface area contributed by atoms with Crippen LogP contribution in [-0.2, 0) is 11.4 Å². The normalized spacial score (nSPS) is 10.8. The monoisotopic (exact) mass is 428 g/mol. The van der Waals surface area contributed by atoms with Crippen molar-refractivity contribution in [2.45, 2.75) is 11.5 Å². The number of carbonyl (C=O) groups excluding carboxylic acids is 1. The van der Waals surface area contributed by atoms with Crippen LogP contribution in [0.25, 0.3) is 0 Å². The number of carbonyl (C=O) groups is 1. The molecule has 3 rings (SSSR count). The Labute approximate surface area is 177 Å². The van der Waals surface area contributed by atoms with Crippen molar-refractivity contribution < 1.29 is 13.9 Å². The molecule has 0 spiro atoms. The van der Waals surface area contributed by atoms with Gasteiger partial charge in [0.2, 0.25) is 5.91 Å². The zero-order valence-electron chi connectivity index (χ0n) is 15.3. The molecule has 0 fully saturated rings. The Morgan fingerprint density at radius 1 is 1.03 bits per heavy atom. The number of rotatable bonds is 8. The fourth-order valence-corrected chi connectivity index (χ4v) is 3.11. The van der Waals surface area contributed by atoms with E-state index < -0.39 is 0 Å². The Balaban J connectivity index is 1.41. The van der Waals surface area contributed by atoms with Crippen LogP contribution in [0.5, 0.6) is 5.75 Å². The third-order valence-corrected chi connectivity index (χ3v) is 5.05. The molecule has 0 bridgehead atoms. The lowest BCUT2D eigenvalue weighted by Crippen LogP contribution is -2.19. The van der Waals surface area contributed by atoms with Crippen LogP contribution in [0.2, 0.25) is 5.02 Å². The van der Waals surface area contributed by atoms with E-state index in [-0.39, 0.29) is 17.5 Å². The van der Waals surface area contributed by atoms with E-state index in [9.17, 15) is 9.18 Å². The second kappa shape index (κ2) is 10.6. The van der Waals surface area contributed by atoms with Crippen LogP contribution in [0.4, 0.5) is 4.39 Å². The second-order valence-corrected chi connectivity index (χ2v) is 7.51. The zero-order valence-corrected chi connectivity index (χ0v) is 16.9. The minimum absolute atomic E-state index is 0.194. The molecule has 0 heterocycles. The van der Waals surface area contributed by atoms with Crippen molar-refractivity contribution in [2.24, 2.45) is 5.10 Å². The summed E-state index contributed by atoms with van der Waals surface area (Å²) in [7, 11) is 0. The molecule has 7 heteroatoms. The fourth-order valence-electron chi connectivity index (χ4n) is 2.29. The summed E-state index contributed by atoms with van der Waals surface area (Å²) in [6.07, 6.45) is 1.56. The van der Waals surface area contributed by atoms with Crippen LogP contribution in [0.15, 0.2) is 82.8 Å². The first-order valence-corrected chi connectivity index (χ1v) is 10.1. The summed E-state index contributed by atoms with van der Waals surface area (Å²) in [6.45, 7) is 0.356. The largest absolute Gasteiger partial charge is 0.489 e. The Bertz CT molecular complexity index is 962. The lowest BCUT2D eigenvalue weighted by Gasteiger charge is -2.06. The van der Waals surface area contributed by atoms with E-state index in [1.54, 1.807) is 30.5 Å². The molecule has 0 aliphatic rings. The van der Waals surface area contributed by atoms with Gasteiger partial charge < -0.3 is 4.74 Å². The average Bonchev–Trinajstić information content (AvgIpc) is 2.74. The molecule has 0 aliphatic heterocycles. The number of nitrogens with zero attached hydrogens (tertiary/aromatic N) is 1. The van der Waals surface area contributed by atoms with E-state index in [2.05, 4.69) is 10.5 Å². The molecule has 0 radical (unpaired) electrons. The van der Waals surface area contributed by atoms with Crippen LogP contribution in [0.1, 0.15) is 11.1 Å². The molecule has 0 saturated heterocycles. The zero-order chi connectivity index (χ0) is 20.5. The highest BCUT2D eigenvalue weighted by Gasteiger charge is 2.02. The number of ether oxygens (including phenoxy) is 1. The molecule has 0 unspecified atom stereocenters. The van der Waals surface area contributed by atoms with Gasteiger partial charge in [-0.1, -0.05) is 23.7 Å². The molecular weight excluding hydrogens is 411 g/mol. The molecule has 3 aromatic rings. The molecule has 3 aromatic carbocycles. The first-order chi connectivity index (χ1) is 14.1. The van der Waals surface area contributed by atoms with E-state index in [1.807, 2.05) is 36.4 Å². The van der Waals surface area contributed by atoms with Crippen molar-refractivity contribution in [2.75, 3.05) is 5.75 Å². The Hall–Kier alpha value is -2.83. The summed E-state index contributed by atoms with van der Waals surface area (Å²) in [5, 5.41) is 4.63. The van der Waals surface area contributed by atoms with Gasteiger partial charge >= 0.3 is 0 Å². The molecule has 0 aromatic heterocycles. The molecule has 1 N–H and O–H groups in total. The number of benzene rings is 3. The van der Waals surface area contributed by atoms with E-state index in [0.29, 0.717) is 17.4 Å². The second-order valence-electron chi connectivity index (χ2n) is 6.02. The molecule has 1 amide bonds. The van der Waals surface area contributed by atoms with Crippen LogP contribution < -0.4 is 10.2 Å². The number of thioether (sulfide) groups is 1. The van der Waals surface area contributed by atoms with E-state index in [1.165, 1.54) is 23.9 Å². The van der Waals surface area contributed by atoms with Gasteiger partial charge in [0.25, 0.3) is 0 Å². The third kappa shape index (κ3) is 7.25. The van der Waals surface area contributed by atoms with Crippen molar-refractivity contribution in [3.8, 4) is 5.75 Å². The number of hydrazone groups is 1. The Morgan fingerprint density at radius 3 is 2.41 bits per heavy atom. The van der Waals surface area contributed by atoms with Crippen molar-refractivity contribution in [3.63, 3.8) is 0 Å². The molecule has 0 aliphatic carbocycles. The summed E-state index contributed by atoms with van der Waals surface area (Å²) in [6, 6.07) is 20.8. The summed E-state index contributed by atoms with van der Waals surface area (Å²) < 4.78 is 18.6. The number of halogens is 2. The van der Waals surface area contributed by atoms with E-state index in [0.717, 1.165) is 16.0 Å². The number of amides is 1. The van der Waals surface area contributed by atoms with E-state index >= 15 is 0 Å². The van der Waals surface area contributed by atoms with Gasteiger partial charge in [0.15, 0.2) is 0 Å². The van der Waals surface area contributed by atoms with Crippen molar-refractivity contribution in [1.29, 1.82) is 0 Å². The maximum Gasteiger partial charge on any atom is 0.250 e. The fraction of sp³-hybridized carbons (Fsp3) is 0.0909. The van der Waals surface area contributed by atoms with Crippen molar-refractivity contribution in [1.82, 2.24) is 5.43 Å². The molecule has 148 valence electrons. The number of nitrogens with one attached hydrogen (secondary N) is 1. The lowest BCUT2D eigenvalue weighted by atomic mass is 10.2. The predicted octanol–water partition coefficient (Wildman–Crippen LogP) is 5.30. The van der Waals surface area contributed by atoms with Crippen LogP contribution in [0, 0.1) is 5.82 Å². The highest BCUT2D eigenvalue weighted by molar-refractivity contribution is 8.00. The SMILES string of the molecule is O=C(CSc1ccc(Cl)cc1)NN=Cc1ccc(OCc2ccc(F)cc2)cc1. The van der Waals surface area contributed by atoms with Crippen molar-refractivity contribution >= 4 is 35.5 Å². The van der Waals surface area contributed by atoms with Gasteiger partial charge in [-0.05, 0) is 71.8 Å². The van der Waals surface area contributed by atoms with Gasteiger partial charge in [0, 0.05) is 9.92 Å². The maximum atomic E-state index is 12.9. The summed E-state index contributed by atoms with van der Waals surface area (Å²) >= 11 is 7.24. The highest BCUT2D eigenvalue weighted by atomic mass is 35.5. The smallest absolute Gasteiger partial charge is 0.250 e. The van der Waals surface area contributed by atoms with Crippen LogP contribution in [0.3, 0.4) is 0 Å². The standard InChI is InChI=1S/C22H18ClFN2O2S/c23-18-5-11-21(12-6-18)29-15-22(27)26-25-13-16-3-9-20(10-4-16)28-14-17-1-7-19(24)8-2-17/h1-13H,14-15H2,(H,26,27). The Morgan fingerprint density at radius 2 is 1.72 bits per heavy atom. The van der Waals surface area contributed by atoms with Gasteiger partial charge in [0.05, 0.1) is 12.0 Å². The van der Waals surface area contributed by atoms with Gasteiger partial charge in [-0.3, -0.25) is 4.79 Å². The third-order valence-electron chi connectivity index (χ3n) is 3.79. The van der Waals surface area contributed by atoms with Gasteiger partial charge in [-0.2, -0.15) is 5.10 Å². The Kier molecular flexibility index (Phi) is 7.67. The van der Waals surface area contributed by atoms with Gasteiger partial charge in [-0.25, -0.2) is 9.82 Å². The number of hydrogen-bond donors (Lipinski definition) is 1. The van der Waals surface area contributed by atoms with Crippen LogP contribution >= 0.6 is 23.4 Å². The first kappa shape index (κ1) is 20.9. The molecular formula is C22H18ClFN2O2S. The number of hydrogen-bond acceptors (Lipinski definition) is 4. The first-order valence-electron chi connectivity index (χ1n) is 8.76. The topological polar surface area (TPSA) is 50.7 Å². The van der Waals surface area contributed by atoms with Crippen molar-refractivity contribution in [3.05, 3.63) is 94.8 Å². The summed E-state index contributed by atoms with van der Waals surface area (Å²) in [5.74, 6) is 0.484. The van der Waals surface area contributed by atoms with Crippen LogP contribution in [-0.4, -0.2) is 17.9 Å². The molecule has 4 nitrogen and oxygen atoms in total. The molecule has 0 atom stereocenters. The molecule has 0 saturated carbocycles. The maximum absolute atomic E-state index is 12.9.